The van der Waals surface area contributed by atoms with E-state index in [9.17, 15) is 9.59 Å². The zero-order valence-corrected chi connectivity index (χ0v) is 13.3. The molecule has 116 valence electrons. The average Bonchev–Trinajstić information content (AvgIpc) is 2.46. The third kappa shape index (κ3) is 6.16. The van der Waals surface area contributed by atoms with Gasteiger partial charge in [-0.3, -0.25) is 4.79 Å². The number of amides is 1. The van der Waals surface area contributed by atoms with Crippen LogP contribution in [-0.2, 0) is 9.59 Å². The van der Waals surface area contributed by atoms with E-state index in [2.05, 4.69) is 6.92 Å². The summed E-state index contributed by atoms with van der Waals surface area (Å²) in [7, 11) is 0. The lowest BCUT2D eigenvalue weighted by Crippen LogP contribution is -2.50. The largest absolute Gasteiger partial charge is 0.480 e. The van der Waals surface area contributed by atoms with Gasteiger partial charge in [-0.2, -0.15) is 11.8 Å². The van der Waals surface area contributed by atoms with E-state index >= 15 is 0 Å². The van der Waals surface area contributed by atoms with E-state index in [1.807, 2.05) is 0 Å². The number of hydrogen-bond donors (Lipinski definition) is 1. The Kier molecular flexibility index (Phi) is 8.74. The number of aliphatic carboxylic acids is 1. The molecule has 0 aromatic heterocycles. The van der Waals surface area contributed by atoms with Crippen molar-refractivity contribution in [3.8, 4) is 0 Å². The minimum Gasteiger partial charge on any atom is -0.480 e. The topological polar surface area (TPSA) is 57.6 Å². The number of rotatable bonds is 9. The van der Waals surface area contributed by atoms with Crippen LogP contribution in [0.15, 0.2) is 0 Å². The van der Waals surface area contributed by atoms with Gasteiger partial charge in [0.1, 0.15) is 6.04 Å². The molecule has 1 N–H and O–H groups in total. The van der Waals surface area contributed by atoms with Crippen LogP contribution in [0.25, 0.3) is 0 Å². The maximum atomic E-state index is 12.1. The summed E-state index contributed by atoms with van der Waals surface area (Å²) in [5.74, 6) is 0.529. The quantitative estimate of drug-likeness (QED) is 0.665. The number of carboxylic acids is 1. The second-order valence-corrected chi connectivity index (χ2v) is 6.54. The Morgan fingerprint density at radius 2 is 1.80 bits per heavy atom. The van der Waals surface area contributed by atoms with E-state index in [1.165, 1.54) is 32.1 Å². The first kappa shape index (κ1) is 17.3. The highest BCUT2D eigenvalue weighted by molar-refractivity contribution is 7.99. The molecule has 1 aliphatic rings. The Hall–Kier alpha value is -0.710. The lowest BCUT2D eigenvalue weighted by atomic mass is 10.1. The molecule has 0 aliphatic carbocycles. The minimum atomic E-state index is -0.870. The van der Waals surface area contributed by atoms with Crippen LogP contribution in [0.2, 0.25) is 0 Å². The molecule has 1 saturated heterocycles. The lowest BCUT2D eigenvalue weighted by molar-refractivity contribution is -0.149. The van der Waals surface area contributed by atoms with E-state index in [0.29, 0.717) is 18.7 Å². The molecule has 1 unspecified atom stereocenters. The molecule has 1 heterocycles. The average molecular weight is 301 g/mol. The van der Waals surface area contributed by atoms with Gasteiger partial charge in [-0.25, -0.2) is 4.79 Å². The Bertz CT molecular complexity index is 309. The minimum absolute atomic E-state index is 0.0197. The van der Waals surface area contributed by atoms with Crippen LogP contribution in [0.4, 0.5) is 0 Å². The van der Waals surface area contributed by atoms with Gasteiger partial charge in [0.15, 0.2) is 0 Å². The zero-order chi connectivity index (χ0) is 14.8. The van der Waals surface area contributed by atoms with Gasteiger partial charge in [0.25, 0.3) is 0 Å². The number of unbranched alkanes of at least 4 members (excludes halogenated alkanes) is 6. The van der Waals surface area contributed by atoms with Gasteiger partial charge in [0, 0.05) is 24.5 Å². The standard InChI is InChI=1S/C15H27NO3S/c1-2-3-4-5-6-7-8-9-14(17)16-10-11-20-12-13(16)15(18)19/h13H,2-12H2,1H3,(H,18,19). The summed E-state index contributed by atoms with van der Waals surface area (Å²) >= 11 is 1.62. The van der Waals surface area contributed by atoms with Crippen molar-refractivity contribution in [2.75, 3.05) is 18.1 Å². The summed E-state index contributed by atoms with van der Waals surface area (Å²) in [5, 5.41) is 9.14. The molecule has 0 aromatic carbocycles. The molecule has 5 heteroatoms. The highest BCUT2D eigenvalue weighted by Crippen LogP contribution is 2.18. The highest BCUT2D eigenvalue weighted by Gasteiger charge is 2.31. The predicted octanol–water partition coefficient (Wildman–Crippen LogP) is 3.16. The van der Waals surface area contributed by atoms with Gasteiger partial charge >= 0.3 is 5.97 Å². The number of thioether (sulfide) groups is 1. The van der Waals surface area contributed by atoms with E-state index in [4.69, 9.17) is 5.11 Å². The molecule has 1 aliphatic heterocycles. The van der Waals surface area contributed by atoms with Crippen LogP contribution in [0, 0.1) is 0 Å². The van der Waals surface area contributed by atoms with Crippen molar-refractivity contribution in [1.82, 2.24) is 4.90 Å². The van der Waals surface area contributed by atoms with Crippen LogP contribution in [0.1, 0.15) is 58.3 Å². The third-order valence-electron chi connectivity index (χ3n) is 3.73. The fourth-order valence-electron chi connectivity index (χ4n) is 2.48. The highest BCUT2D eigenvalue weighted by atomic mass is 32.2. The summed E-state index contributed by atoms with van der Waals surface area (Å²) in [6.45, 7) is 2.78. The van der Waals surface area contributed by atoms with Crippen molar-refractivity contribution in [2.24, 2.45) is 0 Å². The number of carboxylic acid groups (broad SMARTS) is 1. The number of carbonyl (C=O) groups is 2. The van der Waals surface area contributed by atoms with Crippen molar-refractivity contribution in [1.29, 1.82) is 0 Å². The maximum absolute atomic E-state index is 12.1. The van der Waals surface area contributed by atoms with E-state index in [1.54, 1.807) is 16.7 Å². The molecule has 4 nitrogen and oxygen atoms in total. The third-order valence-corrected chi connectivity index (χ3v) is 4.75. The smallest absolute Gasteiger partial charge is 0.327 e. The second-order valence-electron chi connectivity index (χ2n) is 5.39. The van der Waals surface area contributed by atoms with Crippen LogP contribution < -0.4 is 0 Å². The first-order chi connectivity index (χ1) is 9.66. The van der Waals surface area contributed by atoms with E-state index in [-0.39, 0.29) is 5.91 Å². The van der Waals surface area contributed by atoms with Gasteiger partial charge in [0.2, 0.25) is 5.91 Å². The first-order valence-corrected chi connectivity index (χ1v) is 8.92. The van der Waals surface area contributed by atoms with Gasteiger partial charge in [-0.05, 0) is 6.42 Å². The first-order valence-electron chi connectivity index (χ1n) is 7.76. The van der Waals surface area contributed by atoms with Crippen LogP contribution >= 0.6 is 11.8 Å². The normalized spacial score (nSPS) is 19.1. The van der Waals surface area contributed by atoms with E-state index < -0.39 is 12.0 Å². The molecule has 20 heavy (non-hydrogen) atoms. The number of carbonyl (C=O) groups excluding carboxylic acids is 1. The number of nitrogens with zero attached hydrogens (tertiary/aromatic N) is 1. The molecule has 0 radical (unpaired) electrons. The number of hydrogen-bond acceptors (Lipinski definition) is 3. The van der Waals surface area contributed by atoms with Gasteiger partial charge in [-0.1, -0.05) is 45.4 Å². The van der Waals surface area contributed by atoms with Crippen LogP contribution in [0.3, 0.4) is 0 Å². The summed E-state index contributed by atoms with van der Waals surface area (Å²) < 4.78 is 0. The summed E-state index contributed by atoms with van der Waals surface area (Å²) in [6.07, 6.45) is 8.74. The maximum Gasteiger partial charge on any atom is 0.327 e. The van der Waals surface area contributed by atoms with E-state index in [0.717, 1.165) is 18.6 Å². The Morgan fingerprint density at radius 1 is 1.15 bits per heavy atom. The van der Waals surface area contributed by atoms with Crippen molar-refractivity contribution in [2.45, 2.75) is 64.3 Å². The molecule has 1 fully saturated rings. The molecule has 0 saturated carbocycles. The Labute approximate surface area is 126 Å². The molecule has 0 aromatic rings. The molecule has 1 rings (SSSR count). The zero-order valence-electron chi connectivity index (χ0n) is 12.5. The van der Waals surface area contributed by atoms with Crippen molar-refractivity contribution in [3.05, 3.63) is 0 Å². The van der Waals surface area contributed by atoms with Gasteiger partial charge in [0.05, 0.1) is 0 Å². The second kappa shape index (κ2) is 10.1. The van der Waals surface area contributed by atoms with Gasteiger partial charge in [-0.15, -0.1) is 0 Å². The summed E-state index contributed by atoms with van der Waals surface area (Å²) in [5.41, 5.74) is 0. The van der Waals surface area contributed by atoms with Crippen molar-refractivity contribution >= 4 is 23.6 Å². The summed E-state index contributed by atoms with van der Waals surface area (Å²) in [6, 6.07) is -0.620. The van der Waals surface area contributed by atoms with Crippen LogP contribution in [0.5, 0.6) is 0 Å². The van der Waals surface area contributed by atoms with Gasteiger partial charge < -0.3 is 10.0 Å². The fourth-order valence-corrected chi connectivity index (χ4v) is 3.52. The molecular weight excluding hydrogens is 274 g/mol. The monoisotopic (exact) mass is 301 g/mol. The Morgan fingerprint density at radius 3 is 2.45 bits per heavy atom. The molecule has 0 spiro atoms. The molecule has 1 amide bonds. The summed E-state index contributed by atoms with van der Waals surface area (Å²) in [4.78, 5) is 24.8. The fraction of sp³-hybridized carbons (Fsp3) is 0.867. The Balaban J connectivity index is 2.19. The SMILES string of the molecule is CCCCCCCCCC(=O)N1CCSCC1C(=O)O. The lowest BCUT2D eigenvalue weighted by Gasteiger charge is -2.32. The molecule has 0 bridgehead atoms. The van der Waals surface area contributed by atoms with Crippen molar-refractivity contribution in [3.63, 3.8) is 0 Å². The molecular formula is C15H27NO3S. The predicted molar refractivity (Wildman–Crippen MR) is 83.1 cm³/mol. The van der Waals surface area contributed by atoms with Crippen molar-refractivity contribution < 1.29 is 14.7 Å². The molecule has 1 atom stereocenters. The van der Waals surface area contributed by atoms with Crippen LogP contribution in [-0.4, -0.2) is 46.0 Å².